The van der Waals surface area contributed by atoms with E-state index in [1.165, 1.54) is 6.20 Å². The van der Waals surface area contributed by atoms with Crippen molar-refractivity contribution < 1.29 is 9.59 Å². The van der Waals surface area contributed by atoms with E-state index < -0.39 is 0 Å². The number of aromatic nitrogens is 2. The second-order valence-corrected chi connectivity index (χ2v) is 6.56. The fraction of sp³-hybridized carbons (Fsp3) is 0.400. The van der Waals surface area contributed by atoms with Crippen molar-refractivity contribution in [2.24, 2.45) is 0 Å². The molecular weight excluding hydrogens is 328 g/mol. The molecule has 2 amide bonds. The van der Waals surface area contributed by atoms with Crippen molar-refractivity contribution >= 4 is 11.8 Å². The Morgan fingerprint density at radius 2 is 2.04 bits per heavy atom. The second-order valence-electron chi connectivity index (χ2n) is 6.56. The maximum atomic E-state index is 12.9. The van der Waals surface area contributed by atoms with Gasteiger partial charge in [0, 0.05) is 43.9 Å². The van der Waals surface area contributed by atoms with Gasteiger partial charge >= 0.3 is 0 Å². The van der Waals surface area contributed by atoms with Gasteiger partial charge in [0.2, 0.25) is 0 Å². The largest absolute Gasteiger partial charge is 0.348 e. The minimum Gasteiger partial charge on any atom is -0.348 e. The zero-order valence-electron chi connectivity index (χ0n) is 15.0. The normalized spacial score (nSPS) is 17.0. The van der Waals surface area contributed by atoms with Crippen LogP contribution in [0.2, 0.25) is 0 Å². The van der Waals surface area contributed by atoms with Crippen LogP contribution in [-0.2, 0) is 6.54 Å². The highest BCUT2D eigenvalue weighted by atomic mass is 16.2. The third kappa shape index (κ3) is 4.25. The van der Waals surface area contributed by atoms with Gasteiger partial charge in [-0.15, -0.1) is 0 Å². The van der Waals surface area contributed by atoms with Gasteiger partial charge < -0.3 is 10.2 Å². The summed E-state index contributed by atoms with van der Waals surface area (Å²) in [7, 11) is 0. The molecule has 0 bridgehead atoms. The first-order valence-electron chi connectivity index (χ1n) is 9.12. The molecule has 6 heteroatoms. The average molecular weight is 352 g/mol. The molecular formula is C20H24N4O2. The fourth-order valence-corrected chi connectivity index (χ4v) is 3.33. The average Bonchev–Trinajstić information content (AvgIpc) is 2.72. The first kappa shape index (κ1) is 18.0. The maximum Gasteiger partial charge on any atom is 0.255 e. The van der Waals surface area contributed by atoms with Gasteiger partial charge in [-0.25, -0.2) is 0 Å². The molecule has 0 radical (unpaired) electrons. The Morgan fingerprint density at radius 1 is 1.19 bits per heavy atom. The van der Waals surface area contributed by atoms with E-state index in [4.69, 9.17) is 0 Å². The number of piperidine rings is 1. The first-order valence-corrected chi connectivity index (χ1v) is 9.12. The summed E-state index contributed by atoms with van der Waals surface area (Å²) >= 11 is 0. The van der Waals surface area contributed by atoms with Crippen molar-refractivity contribution in [3.63, 3.8) is 0 Å². The number of rotatable bonds is 5. The number of amides is 2. The van der Waals surface area contributed by atoms with Gasteiger partial charge in [-0.3, -0.25) is 19.6 Å². The Morgan fingerprint density at radius 3 is 2.81 bits per heavy atom. The van der Waals surface area contributed by atoms with Gasteiger partial charge in [-0.2, -0.15) is 0 Å². The number of hydrogen-bond donors (Lipinski definition) is 1. The minimum atomic E-state index is -0.248. The monoisotopic (exact) mass is 352 g/mol. The molecule has 0 spiro atoms. The lowest BCUT2D eigenvalue weighted by molar-refractivity contribution is 0.0607. The van der Waals surface area contributed by atoms with Crippen LogP contribution in [0.15, 0.2) is 43.0 Å². The zero-order valence-corrected chi connectivity index (χ0v) is 15.0. The van der Waals surface area contributed by atoms with E-state index in [2.05, 4.69) is 22.2 Å². The number of carbonyl (C=O) groups is 2. The molecule has 1 atom stereocenters. The van der Waals surface area contributed by atoms with Crippen LogP contribution in [0.25, 0.3) is 0 Å². The highest BCUT2D eigenvalue weighted by Crippen LogP contribution is 2.21. The summed E-state index contributed by atoms with van der Waals surface area (Å²) in [5, 5.41) is 2.84. The van der Waals surface area contributed by atoms with Crippen molar-refractivity contribution in [3.05, 3.63) is 59.7 Å². The van der Waals surface area contributed by atoms with Crippen molar-refractivity contribution in [1.82, 2.24) is 20.2 Å². The smallest absolute Gasteiger partial charge is 0.255 e. The fourth-order valence-electron chi connectivity index (χ4n) is 3.33. The number of nitrogens with zero attached hydrogens (tertiary/aromatic N) is 3. The number of likely N-dealkylation sites (tertiary alicyclic amines) is 1. The van der Waals surface area contributed by atoms with Crippen LogP contribution < -0.4 is 5.32 Å². The number of carbonyl (C=O) groups excluding carboxylic acids is 2. The van der Waals surface area contributed by atoms with Crippen molar-refractivity contribution in [1.29, 1.82) is 0 Å². The van der Waals surface area contributed by atoms with Crippen LogP contribution in [0.4, 0.5) is 0 Å². The van der Waals surface area contributed by atoms with E-state index in [1.807, 2.05) is 17.0 Å². The summed E-state index contributed by atoms with van der Waals surface area (Å²) < 4.78 is 0. The van der Waals surface area contributed by atoms with E-state index in [9.17, 15) is 9.59 Å². The van der Waals surface area contributed by atoms with Gasteiger partial charge in [0.05, 0.1) is 11.1 Å². The van der Waals surface area contributed by atoms with Gasteiger partial charge in [0.25, 0.3) is 11.8 Å². The topological polar surface area (TPSA) is 75.2 Å². The number of nitrogens with one attached hydrogen (secondary N) is 1. The molecule has 0 aromatic carbocycles. The molecule has 1 aliphatic heterocycles. The van der Waals surface area contributed by atoms with E-state index in [-0.39, 0.29) is 17.9 Å². The predicted octanol–water partition coefficient (Wildman–Crippen LogP) is 2.81. The molecule has 1 unspecified atom stereocenters. The maximum absolute atomic E-state index is 12.9. The van der Waals surface area contributed by atoms with Crippen LogP contribution >= 0.6 is 0 Å². The molecule has 6 nitrogen and oxygen atoms in total. The Labute approximate surface area is 153 Å². The lowest BCUT2D eigenvalue weighted by atomic mass is 9.99. The van der Waals surface area contributed by atoms with Crippen LogP contribution in [0, 0.1) is 0 Å². The Hall–Kier alpha value is -2.76. The van der Waals surface area contributed by atoms with Crippen molar-refractivity contribution in [3.8, 4) is 0 Å². The molecule has 2 aromatic rings. The molecule has 1 fully saturated rings. The Kier molecular flexibility index (Phi) is 5.94. The second kappa shape index (κ2) is 8.56. The molecule has 3 heterocycles. The highest BCUT2D eigenvalue weighted by molar-refractivity contribution is 5.99. The standard InChI is InChI=1S/C20H24N4O2/c1-2-18-7-3-4-9-24(18)20(26)17-10-16(13-22-14-17)19(25)23-12-15-6-5-8-21-11-15/h5-6,8,10-11,13-14,18H,2-4,7,9,12H2,1H3,(H,23,25). The molecule has 1 N–H and O–H groups in total. The zero-order chi connectivity index (χ0) is 18.4. The minimum absolute atomic E-state index is 0.0361. The summed E-state index contributed by atoms with van der Waals surface area (Å²) in [6, 6.07) is 5.63. The third-order valence-electron chi connectivity index (χ3n) is 4.78. The lowest BCUT2D eigenvalue weighted by Crippen LogP contribution is -2.43. The van der Waals surface area contributed by atoms with Crippen LogP contribution in [0.3, 0.4) is 0 Å². The van der Waals surface area contributed by atoms with E-state index >= 15 is 0 Å². The molecule has 0 saturated carbocycles. The van der Waals surface area contributed by atoms with Crippen LogP contribution in [0.1, 0.15) is 58.9 Å². The molecule has 1 saturated heterocycles. The van der Waals surface area contributed by atoms with Crippen LogP contribution in [0.5, 0.6) is 0 Å². The SMILES string of the molecule is CCC1CCCCN1C(=O)c1cncc(C(=O)NCc2cccnc2)c1. The molecule has 2 aromatic heterocycles. The first-order chi connectivity index (χ1) is 12.7. The number of pyridine rings is 2. The summed E-state index contributed by atoms with van der Waals surface area (Å²) in [6.45, 7) is 3.26. The number of hydrogen-bond acceptors (Lipinski definition) is 4. The molecule has 136 valence electrons. The predicted molar refractivity (Wildman–Crippen MR) is 98.6 cm³/mol. The van der Waals surface area contributed by atoms with Crippen molar-refractivity contribution in [2.75, 3.05) is 6.54 Å². The molecule has 3 rings (SSSR count). The Bertz CT molecular complexity index is 763. The highest BCUT2D eigenvalue weighted by Gasteiger charge is 2.26. The summed E-state index contributed by atoms with van der Waals surface area (Å²) in [6.07, 6.45) is 10.6. The van der Waals surface area contributed by atoms with Gasteiger partial charge in [-0.1, -0.05) is 13.0 Å². The third-order valence-corrected chi connectivity index (χ3v) is 4.78. The van der Waals surface area contributed by atoms with E-state index in [0.717, 1.165) is 37.8 Å². The summed E-state index contributed by atoms with van der Waals surface area (Å²) in [5.74, 6) is -0.285. The van der Waals surface area contributed by atoms with Crippen molar-refractivity contribution in [2.45, 2.75) is 45.2 Å². The quantitative estimate of drug-likeness (QED) is 0.898. The molecule has 1 aliphatic rings. The van der Waals surface area contributed by atoms with E-state index in [0.29, 0.717) is 17.7 Å². The van der Waals surface area contributed by atoms with Gasteiger partial charge in [-0.05, 0) is 43.4 Å². The van der Waals surface area contributed by atoms with Gasteiger partial charge in [0.15, 0.2) is 0 Å². The molecule has 26 heavy (non-hydrogen) atoms. The summed E-state index contributed by atoms with van der Waals surface area (Å²) in [5.41, 5.74) is 1.78. The molecule has 0 aliphatic carbocycles. The van der Waals surface area contributed by atoms with Gasteiger partial charge in [0.1, 0.15) is 0 Å². The van der Waals surface area contributed by atoms with E-state index in [1.54, 1.807) is 24.7 Å². The Balaban J connectivity index is 1.69. The summed E-state index contributed by atoms with van der Waals surface area (Å²) in [4.78, 5) is 35.3. The lowest BCUT2D eigenvalue weighted by Gasteiger charge is -2.35. The van der Waals surface area contributed by atoms with Crippen LogP contribution in [-0.4, -0.2) is 39.3 Å².